The molecule has 0 unspecified atom stereocenters. The number of rotatable bonds is 12. The van der Waals surface area contributed by atoms with E-state index in [4.69, 9.17) is 0 Å². The van der Waals surface area contributed by atoms with Crippen LogP contribution in [0.2, 0.25) is 0 Å². The Kier molecular flexibility index (Phi) is 9.63. The number of carbonyl (C=O) groups is 2. The van der Waals surface area contributed by atoms with Gasteiger partial charge in [0, 0.05) is 36.0 Å². The maximum absolute atomic E-state index is 12.9. The molecule has 4 rings (SSSR count). The molecule has 9 heteroatoms. The summed E-state index contributed by atoms with van der Waals surface area (Å²) in [6, 6.07) is 26.3. The van der Waals surface area contributed by atoms with Crippen LogP contribution in [-0.2, 0) is 15.0 Å². The third kappa shape index (κ3) is 6.54. The van der Waals surface area contributed by atoms with Gasteiger partial charge < -0.3 is 20.0 Å². The molecule has 0 fully saturated rings. The Bertz CT molecular complexity index is 1570. The lowest BCUT2D eigenvalue weighted by molar-refractivity contribution is -0.385. The molecule has 0 atom stereocenters. The fraction of sp³-hybridized carbons (Fsp3) is 0.333. The number of nitro groups is 1. The first-order valence-corrected chi connectivity index (χ1v) is 14.9. The minimum Gasteiger partial charge on any atom is -0.478 e. The molecule has 0 radical (unpaired) electrons. The highest BCUT2D eigenvalue weighted by atomic mass is 16.6. The first-order valence-electron chi connectivity index (χ1n) is 14.9. The molecule has 0 saturated heterocycles. The number of allylic oxidation sites excluding steroid dienone is 2. The molecule has 1 aliphatic heterocycles. The normalized spacial score (nSPS) is 15.2. The van der Waals surface area contributed by atoms with Crippen LogP contribution in [0.5, 0.6) is 0 Å². The van der Waals surface area contributed by atoms with E-state index in [1.54, 1.807) is 24.8 Å². The van der Waals surface area contributed by atoms with Gasteiger partial charge in [-0.25, -0.2) is 9.59 Å². The molecule has 1 aliphatic rings. The first kappa shape index (κ1) is 33.1. The lowest BCUT2D eigenvalue weighted by atomic mass is 9.66. The van der Waals surface area contributed by atoms with Crippen molar-refractivity contribution in [1.29, 1.82) is 0 Å². The number of non-ortho nitro benzene ring substituents is 1. The fourth-order valence-corrected chi connectivity index (χ4v) is 7.24. The molecule has 1 heterocycles. The number of hydrogen-bond acceptors (Lipinski definition) is 6. The van der Waals surface area contributed by atoms with Crippen molar-refractivity contribution < 1.29 is 24.7 Å². The first-order chi connectivity index (χ1) is 21.2. The van der Waals surface area contributed by atoms with E-state index in [0.29, 0.717) is 17.9 Å². The maximum Gasteiger partial charge on any atom is 0.334 e. The summed E-state index contributed by atoms with van der Waals surface area (Å²) in [6.45, 7) is 10.1. The summed E-state index contributed by atoms with van der Waals surface area (Å²) in [4.78, 5) is 40.9. The minimum atomic E-state index is -1.64. The van der Waals surface area contributed by atoms with E-state index in [1.165, 1.54) is 36.2 Å². The summed E-state index contributed by atoms with van der Waals surface area (Å²) in [5, 5.41) is 32.7. The van der Waals surface area contributed by atoms with E-state index < -0.39 is 27.8 Å². The zero-order chi connectivity index (χ0) is 33.1. The molecule has 2 N–H and O–H groups in total. The van der Waals surface area contributed by atoms with Crippen molar-refractivity contribution in [3.63, 3.8) is 0 Å². The van der Waals surface area contributed by atoms with Crippen LogP contribution in [0.15, 0.2) is 107 Å². The SMILES string of the molecule is CC1=C(C(=O)O)C(C)(c2cccc([N+](=O)[O-])c2)C(C(=O)O)=C(C)N1C(C)(C)CN(C)CCC(c1ccccc1)c1ccccc1. The quantitative estimate of drug-likeness (QED) is 0.169. The molecule has 0 bridgehead atoms. The van der Waals surface area contributed by atoms with E-state index in [9.17, 15) is 29.9 Å². The predicted octanol–water partition coefficient (Wildman–Crippen LogP) is 6.82. The van der Waals surface area contributed by atoms with Crippen molar-refractivity contribution >= 4 is 17.6 Å². The molecule has 0 spiro atoms. The second-order valence-electron chi connectivity index (χ2n) is 12.5. The number of nitrogens with zero attached hydrogens (tertiary/aromatic N) is 3. The maximum atomic E-state index is 12.9. The molecule has 0 aromatic heterocycles. The van der Waals surface area contributed by atoms with E-state index >= 15 is 0 Å². The van der Waals surface area contributed by atoms with Crippen molar-refractivity contribution in [2.75, 3.05) is 20.1 Å². The molecular formula is C36H41N3O6. The van der Waals surface area contributed by atoms with Crippen LogP contribution in [0.3, 0.4) is 0 Å². The lowest BCUT2D eigenvalue weighted by Crippen LogP contribution is -2.54. The van der Waals surface area contributed by atoms with Crippen molar-refractivity contribution in [2.24, 2.45) is 0 Å². The van der Waals surface area contributed by atoms with Crippen LogP contribution in [0, 0.1) is 10.1 Å². The van der Waals surface area contributed by atoms with Gasteiger partial charge in [0.25, 0.3) is 5.69 Å². The van der Waals surface area contributed by atoms with E-state index in [2.05, 4.69) is 29.2 Å². The Morgan fingerprint density at radius 2 is 1.38 bits per heavy atom. The Morgan fingerprint density at radius 1 is 0.889 bits per heavy atom. The second kappa shape index (κ2) is 13.1. The van der Waals surface area contributed by atoms with Gasteiger partial charge in [-0.15, -0.1) is 0 Å². The smallest absolute Gasteiger partial charge is 0.334 e. The summed E-state index contributed by atoms with van der Waals surface area (Å²) >= 11 is 0. The number of hydrogen-bond donors (Lipinski definition) is 2. The molecule has 45 heavy (non-hydrogen) atoms. The average molecular weight is 612 g/mol. The lowest BCUT2D eigenvalue weighted by Gasteiger charge is -2.50. The Balaban J connectivity index is 1.70. The highest BCUT2D eigenvalue weighted by Gasteiger charge is 2.51. The van der Waals surface area contributed by atoms with E-state index in [1.807, 2.05) is 57.3 Å². The van der Waals surface area contributed by atoms with Crippen LogP contribution >= 0.6 is 0 Å². The standard InChI is InChI=1S/C36H41N3O6/c1-24-31(33(40)41)36(5,28-18-13-19-29(22-28)39(44)45)32(34(42)43)25(2)38(24)35(3,4)23-37(6)21-20-30(26-14-9-7-10-15-26)27-16-11-8-12-17-27/h7-19,22,30H,20-21,23H2,1-6H3,(H,40,41)(H,42,43). The van der Waals surface area contributed by atoms with Crippen molar-refractivity contribution in [1.82, 2.24) is 9.80 Å². The number of carboxylic acid groups (broad SMARTS) is 2. The van der Waals surface area contributed by atoms with Gasteiger partial charge in [0.05, 0.1) is 27.0 Å². The topological polar surface area (TPSA) is 124 Å². The average Bonchev–Trinajstić information content (AvgIpc) is 2.97. The van der Waals surface area contributed by atoms with Crippen LogP contribution in [0.4, 0.5) is 5.69 Å². The molecule has 0 amide bonds. The van der Waals surface area contributed by atoms with Gasteiger partial charge in [0.15, 0.2) is 0 Å². The van der Waals surface area contributed by atoms with Gasteiger partial charge in [-0.05, 0) is 71.3 Å². The van der Waals surface area contributed by atoms with Gasteiger partial charge in [0.1, 0.15) is 0 Å². The number of aliphatic carboxylic acids is 2. The number of nitro benzene ring substituents is 1. The summed E-state index contributed by atoms with van der Waals surface area (Å²) in [7, 11) is 2.01. The summed E-state index contributed by atoms with van der Waals surface area (Å²) in [5.74, 6) is -2.38. The van der Waals surface area contributed by atoms with Gasteiger partial charge in [-0.2, -0.15) is 0 Å². The summed E-state index contributed by atoms with van der Waals surface area (Å²) in [5.41, 5.74) is 0.598. The number of benzene rings is 3. The Morgan fingerprint density at radius 3 is 1.82 bits per heavy atom. The Hall–Kier alpha value is -4.76. The predicted molar refractivity (Wildman–Crippen MR) is 174 cm³/mol. The molecule has 3 aromatic carbocycles. The monoisotopic (exact) mass is 611 g/mol. The molecule has 0 saturated carbocycles. The largest absolute Gasteiger partial charge is 0.478 e. The van der Waals surface area contributed by atoms with Gasteiger partial charge in [0.2, 0.25) is 0 Å². The van der Waals surface area contributed by atoms with Crippen LogP contribution in [0.1, 0.15) is 63.6 Å². The van der Waals surface area contributed by atoms with Crippen LogP contribution in [0.25, 0.3) is 0 Å². The highest BCUT2D eigenvalue weighted by Crippen LogP contribution is 2.49. The number of carboxylic acids is 2. The van der Waals surface area contributed by atoms with Gasteiger partial charge in [-0.3, -0.25) is 10.1 Å². The number of likely N-dealkylation sites (N-methyl/N-ethyl adjacent to an activating group) is 1. The van der Waals surface area contributed by atoms with Crippen molar-refractivity contribution in [3.05, 3.63) is 134 Å². The van der Waals surface area contributed by atoms with E-state index in [0.717, 1.165) is 13.0 Å². The molecular weight excluding hydrogens is 570 g/mol. The third-order valence-corrected chi connectivity index (χ3v) is 8.92. The molecule has 3 aromatic rings. The second-order valence-corrected chi connectivity index (χ2v) is 12.5. The highest BCUT2D eigenvalue weighted by molar-refractivity contribution is 6.00. The minimum absolute atomic E-state index is 0.130. The third-order valence-electron chi connectivity index (χ3n) is 8.92. The fourth-order valence-electron chi connectivity index (χ4n) is 7.24. The van der Waals surface area contributed by atoms with Crippen LogP contribution < -0.4 is 0 Å². The van der Waals surface area contributed by atoms with Crippen molar-refractivity contribution in [2.45, 2.75) is 57.9 Å². The zero-order valence-electron chi connectivity index (χ0n) is 26.7. The van der Waals surface area contributed by atoms with Gasteiger partial charge in [-0.1, -0.05) is 72.8 Å². The molecule has 9 nitrogen and oxygen atoms in total. The summed E-state index contributed by atoms with van der Waals surface area (Å²) in [6.07, 6.45) is 0.843. The summed E-state index contributed by atoms with van der Waals surface area (Å²) < 4.78 is 0. The molecule has 0 aliphatic carbocycles. The van der Waals surface area contributed by atoms with E-state index in [-0.39, 0.29) is 28.3 Å². The molecule has 236 valence electrons. The van der Waals surface area contributed by atoms with Crippen molar-refractivity contribution in [3.8, 4) is 0 Å². The zero-order valence-corrected chi connectivity index (χ0v) is 26.7. The van der Waals surface area contributed by atoms with Crippen LogP contribution in [-0.4, -0.2) is 62.6 Å². The Labute approximate surface area is 264 Å². The van der Waals surface area contributed by atoms with Gasteiger partial charge >= 0.3 is 11.9 Å².